The minimum atomic E-state index is -4.41. The molecule has 1 aliphatic heterocycles. The number of hydrogen-bond acceptors (Lipinski definition) is 4. The van der Waals surface area contributed by atoms with E-state index in [1.54, 1.807) is 11.0 Å². The zero-order valence-corrected chi connectivity index (χ0v) is 16.9. The van der Waals surface area contributed by atoms with Crippen LogP contribution in [0.1, 0.15) is 31.2 Å². The lowest BCUT2D eigenvalue weighted by atomic mass is 10.1. The van der Waals surface area contributed by atoms with Gasteiger partial charge in [0.15, 0.2) is 0 Å². The highest BCUT2D eigenvalue weighted by Gasteiger charge is 2.32. The molecule has 0 bridgehead atoms. The van der Waals surface area contributed by atoms with Crippen molar-refractivity contribution in [1.82, 2.24) is 9.62 Å². The second kappa shape index (κ2) is 8.91. The van der Waals surface area contributed by atoms with E-state index in [0.29, 0.717) is 18.8 Å². The number of anilines is 1. The summed E-state index contributed by atoms with van der Waals surface area (Å²) < 4.78 is 65.1. The van der Waals surface area contributed by atoms with Gasteiger partial charge in [-0.1, -0.05) is 18.9 Å². The van der Waals surface area contributed by atoms with E-state index in [9.17, 15) is 26.4 Å². The van der Waals surface area contributed by atoms with Gasteiger partial charge in [0.2, 0.25) is 15.9 Å². The van der Waals surface area contributed by atoms with Gasteiger partial charge in [0, 0.05) is 44.3 Å². The number of alkyl halides is 3. The fourth-order valence-corrected chi connectivity index (χ4v) is 5.21. The first-order valence-electron chi connectivity index (χ1n) is 9.84. The van der Waals surface area contributed by atoms with Gasteiger partial charge in [0.25, 0.3) is 0 Å². The number of carbonyl (C=O) groups excluding carboxylic acids is 1. The van der Waals surface area contributed by atoms with Crippen LogP contribution in [0, 0.1) is 5.92 Å². The van der Waals surface area contributed by atoms with Crippen molar-refractivity contribution < 1.29 is 26.4 Å². The molecule has 1 amide bonds. The van der Waals surface area contributed by atoms with Crippen molar-refractivity contribution in [2.45, 2.75) is 31.9 Å². The molecule has 1 N–H and O–H groups in total. The first-order valence-corrected chi connectivity index (χ1v) is 11.5. The maximum Gasteiger partial charge on any atom is 0.416 e. The maximum atomic E-state index is 12.9. The number of hydrogen-bond donors (Lipinski definition) is 1. The van der Waals surface area contributed by atoms with Crippen molar-refractivity contribution in [2.75, 3.05) is 43.4 Å². The normalized spacial score (nSPS) is 19.5. The van der Waals surface area contributed by atoms with Crippen LogP contribution in [0.2, 0.25) is 0 Å². The fourth-order valence-electron chi connectivity index (χ4n) is 3.87. The second-order valence-corrected chi connectivity index (χ2v) is 9.61. The van der Waals surface area contributed by atoms with Crippen molar-refractivity contribution in [3.63, 3.8) is 0 Å². The SMILES string of the molecule is O=C(NCCS(=O)(=O)N1CCN(c2cccc(C(F)(F)F)c2)CC1)C1CCCC1. The van der Waals surface area contributed by atoms with Crippen LogP contribution in [0.3, 0.4) is 0 Å². The molecule has 1 saturated heterocycles. The minimum Gasteiger partial charge on any atom is -0.369 e. The quantitative estimate of drug-likeness (QED) is 0.748. The van der Waals surface area contributed by atoms with Crippen LogP contribution in [-0.2, 0) is 21.0 Å². The van der Waals surface area contributed by atoms with E-state index in [4.69, 9.17) is 0 Å². The van der Waals surface area contributed by atoms with E-state index < -0.39 is 21.8 Å². The topological polar surface area (TPSA) is 69.7 Å². The Bertz CT molecular complexity index is 815. The lowest BCUT2D eigenvalue weighted by Gasteiger charge is -2.35. The molecular weight excluding hydrogens is 407 g/mol. The molecule has 2 aliphatic rings. The summed E-state index contributed by atoms with van der Waals surface area (Å²) in [6.07, 6.45) is -0.630. The van der Waals surface area contributed by atoms with E-state index in [2.05, 4.69) is 5.32 Å². The van der Waals surface area contributed by atoms with Gasteiger partial charge in [0.1, 0.15) is 0 Å². The lowest BCUT2D eigenvalue weighted by molar-refractivity contribution is -0.137. The van der Waals surface area contributed by atoms with Gasteiger partial charge < -0.3 is 10.2 Å². The minimum absolute atomic E-state index is 0.00582. The molecule has 10 heteroatoms. The highest BCUT2D eigenvalue weighted by atomic mass is 32.2. The Balaban J connectivity index is 1.49. The molecule has 6 nitrogen and oxygen atoms in total. The highest BCUT2D eigenvalue weighted by molar-refractivity contribution is 7.89. The zero-order valence-electron chi connectivity index (χ0n) is 16.1. The van der Waals surface area contributed by atoms with E-state index in [-0.39, 0.29) is 37.2 Å². The summed E-state index contributed by atoms with van der Waals surface area (Å²) in [5, 5.41) is 2.71. The van der Waals surface area contributed by atoms with Crippen LogP contribution in [0.5, 0.6) is 0 Å². The number of nitrogens with one attached hydrogen (secondary N) is 1. The molecule has 3 rings (SSSR count). The van der Waals surface area contributed by atoms with E-state index in [1.807, 2.05) is 0 Å². The molecule has 29 heavy (non-hydrogen) atoms. The van der Waals surface area contributed by atoms with Crippen LogP contribution in [0.25, 0.3) is 0 Å². The summed E-state index contributed by atoms with van der Waals surface area (Å²) in [6, 6.07) is 5.05. The Morgan fingerprint density at radius 1 is 1.10 bits per heavy atom. The van der Waals surface area contributed by atoms with Gasteiger partial charge in [0.05, 0.1) is 11.3 Å². The molecule has 1 aromatic rings. The Labute approximate surface area is 169 Å². The summed E-state index contributed by atoms with van der Waals surface area (Å²) in [6.45, 7) is 1.11. The average molecular weight is 433 g/mol. The van der Waals surface area contributed by atoms with E-state index in [1.165, 1.54) is 10.4 Å². The summed E-state index contributed by atoms with van der Waals surface area (Å²) in [5.41, 5.74) is -0.288. The zero-order chi connectivity index (χ0) is 21.1. The maximum absolute atomic E-state index is 12.9. The van der Waals surface area contributed by atoms with Crippen LogP contribution in [0.15, 0.2) is 24.3 Å². The number of rotatable bonds is 6. The molecule has 0 aromatic heterocycles. The van der Waals surface area contributed by atoms with Crippen LogP contribution >= 0.6 is 0 Å². The molecule has 0 radical (unpaired) electrons. The molecule has 0 atom stereocenters. The summed E-state index contributed by atoms with van der Waals surface area (Å²) >= 11 is 0. The molecule has 1 aliphatic carbocycles. The molecular formula is C19H26F3N3O3S. The summed E-state index contributed by atoms with van der Waals surface area (Å²) in [5.74, 6) is -0.254. The number of benzene rings is 1. The number of piperazine rings is 1. The van der Waals surface area contributed by atoms with Crippen LogP contribution < -0.4 is 10.2 Å². The smallest absolute Gasteiger partial charge is 0.369 e. The first-order chi connectivity index (χ1) is 13.7. The monoisotopic (exact) mass is 433 g/mol. The molecule has 1 saturated carbocycles. The van der Waals surface area contributed by atoms with Crippen LogP contribution in [0.4, 0.5) is 18.9 Å². The third kappa shape index (κ3) is 5.63. The van der Waals surface area contributed by atoms with Gasteiger partial charge in [-0.2, -0.15) is 17.5 Å². The Morgan fingerprint density at radius 3 is 2.38 bits per heavy atom. The lowest BCUT2D eigenvalue weighted by Crippen LogP contribution is -2.50. The standard InChI is InChI=1S/C19H26F3N3O3S/c20-19(21,22)16-6-3-7-17(14-16)24-9-11-25(12-10-24)29(27,28)13-8-23-18(26)15-4-1-2-5-15/h3,6-7,14-15H,1-2,4-5,8-13H2,(H,23,26). The van der Waals surface area contributed by atoms with Gasteiger partial charge in [-0.15, -0.1) is 0 Å². The average Bonchev–Trinajstić information content (AvgIpc) is 3.22. The predicted molar refractivity (Wildman–Crippen MR) is 104 cm³/mol. The second-order valence-electron chi connectivity index (χ2n) is 7.52. The number of nitrogens with zero attached hydrogens (tertiary/aromatic N) is 2. The van der Waals surface area contributed by atoms with E-state index in [0.717, 1.165) is 37.8 Å². The van der Waals surface area contributed by atoms with Crippen molar-refractivity contribution in [2.24, 2.45) is 5.92 Å². The predicted octanol–water partition coefficient (Wildman–Crippen LogP) is 2.46. The highest BCUT2D eigenvalue weighted by Crippen LogP contribution is 2.32. The van der Waals surface area contributed by atoms with Crippen LogP contribution in [-0.4, -0.2) is 57.1 Å². The molecule has 1 heterocycles. The molecule has 0 unspecified atom stereocenters. The first kappa shape index (κ1) is 21.9. The number of halogens is 3. The summed E-state index contributed by atoms with van der Waals surface area (Å²) in [4.78, 5) is 13.8. The molecule has 1 aromatic carbocycles. The van der Waals surface area contributed by atoms with Gasteiger partial charge in [-0.25, -0.2) is 8.42 Å². The summed E-state index contributed by atoms with van der Waals surface area (Å²) in [7, 11) is -3.53. The number of carbonyl (C=O) groups is 1. The Hall–Kier alpha value is -1.81. The van der Waals surface area contributed by atoms with Crippen molar-refractivity contribution in [3.8, 4) is 0 Å². The van der Waals surface area contributed by atoms with E-state index >= 15 is 0 Å². The number of sulfonamides is 1. The van der Waals surface area contributed by atoms with Crippen molar-refractivity contribution >= 4 is 21.6 Å². The van der Waals surface area contributed by atoms with Crippen molar-refractivity contribution in [1.29, 1.82) is 0 Å². The fraction of sp³-hybridized carbons (Fsp3) is 0.632. The molecule has 2 fully saturated rings. The van der Waals surface area contributed by atoms with Gasteiger partial charge in [-0.05, 0) is 31.0 Å². The third-order valence-corrected chi connectivity index (χ3v) is 7.43. The van der Waals surface area contributed by atoms with Gasteiger partial charge >= 0.3 is 6.18 Å². The van der Waals surface area contributed by atoms with Gasteiger partial charge in [-0.3, -0.25) is 4.79 Å². The van der Waals surface area contributed by atoms with Crippen molar-refractivity contribution in [3.05, 3.63) is 29.8 Å². The molecule has 0 spiro atoms. The Kier molecular flexibility index (Phi) is 6.72. The largest absolute Gasteiger partial charge is 0.416 e. The third-order valence-electron chi connectivity index (χ3n) is 5.56. The molecule has 162 valence electrons. The number of amides is 1. The Morgan fingerprint density at radius 2 is 1.76 bits per heavy atom.